The zero-order chi connectivity index (χ0) is 16.9. The number of nitrogens with zero attached hydrogens (tertiary/aromatic N) is 4. The number of carbonyl (C=O) groups is 1. The van der Waals surface area contributed by atoms with Gasteiger partial charge >= 0.3 is 0 Å². The van der Waals surface area contributed by atoms with Crippen molar-refractivity contribution in [1.29, 1.82) is 0 Å². The smallest absolute Gasteiger partial charge is 0.238 e. The standard InChI is InChI=1S/C17H23N5O2/c1-13-16(11-19-21(13)2)20-17(23)12-22-8-5-14(6-9-22)24-15-4-3-7-18-10-15/h3-4,7,10-11,14H,5-6,8-9,12H2,1-2H3,(H,20,23). The Labute approximate surface area is 141 Å². The van der Waals surface area contributed by atoms with Gasteiger partial charge in [-0.05, 0) is 31.9 Å². The fourth-order valence-electron chi connectivity index (χ4n) is 2.81. The first-order valence-corrected chi connectivity index (χ1v) is 8.19. The maximum Gasteiger partial charge on any atom is 0.238 e. The largest absolute Gasteiger partial charge is 0.489 e. The van der Waals surface area contributed by atoms with Crippen molar-refractivity contribution < 1.29 is 9.53 Å². The molecule has 3 heterocycles. The van der Waals surface area contributed by atoms with Gasteiger partial charge in [0.1, 0.15) is 11.9 Å². The highest BCUT2D eigenvalue weighted by Crippen LogP contribution is 2.18. The van der Waals surface area contributed by atoms with Crippen LogP contribution >= 0.6 is 0 Å². The van der Waals surface area contributed by atoms with Crippen LogP contribution in [0.5, 0.6) is 5.75 Å². The van der Waals surface area contributed by atoms with Gasteiger partial charge in [-0.2, -0.15) is 5.10 Å². The van der Waals surface area contributed by atoms with Crippen LogP contribution in [0, 0.1) is 6.92 Å². The average molecular weight is 329 g/mol. The lowest BCUT2D eigenvalue weighted by molar-refractivity contribution is -0.117. The van der Waals surface area contributed by atoms with Gasteiger partial charge in [-0.1, -0.05) is 0 Å². The molecule has 0 atom stereocenters. The summed E-state index contributed by atoms with van der Waals surface area (Å²) in [5.41, 5.74) is 1.73. The van der Waals surface area contributed by atoms with E-state index in [1.54, 1.807) is 23.3 Å². The summed E-state index contributed by atoms with van der Waals surface area (Å²) in [6.07, 6.45) is 7.16. The monoisotopic (exact) mass is 329 g/mol. The van der Waals surface area contributed by atoms with Crippen molar-refractivity contribution in [3.63, 3.8) is 0 Å². The van der Waals surface area contributed by atoms with E-state index in [1.165, 1.54) is 0 Å². The molecule has 2 aromatic rings. The second-order valence-electron chi connectivity index (χ2n) is 6.10. The number of hydrogen-bond donors (Lipinski definition) is 1. The molecule has 2 aromatic heterocycles. The van der Waals surface area contributed by atoms with Crippen molar-refractivity contribution in [3.8, 4) is 5.75 Å². The van der Waals surface area contributed by atoms with Gasteiger partial charge in [0.05, 0.1) is 30.3 Å². The quantitative estimate of drug-likeness (QED) is 0.902. The fraction of sp³-hybridized carbons (Fsp3) is 0.471. The molecule has 3 rings (SSSR count). The molecule has 7 nitrogen and oxygen atoms in total. The molecule has 1 fully saturated rings. The van der Waals surface area contributed by atoms with Crippen LogP contribution in [-0.2, 0) is 11.8 Å². The molecule has 1 amide bonds. The molecule has 0 aromatic carbocycles. The summed E-state index contributed by atoms with van der Waals surface area (Å²) >= 11 is 0. The molecule has 0 radical (unpaired) electrons. The Bertz CT molecular complexity index is 678. The molecular formula is C17H23N5O2. The molecule has 0 bridgehead atoms. The van der Waals surface area contributed by atoms with Crippen LogP contribution in [0.15, 0.2) is 30.7 Å². The van der Waals surface area contributed by atoms with Gasteiger partial charge in [0.25, 0.3) is 0 Å². The summed E-state index contributed by atoms with van der Waals surface area (Å²) in [5.74, 6) is 0.804. The van der Waals surface area contributed by atoms with Crippen LogP contribution in [0.2, 0.25) is 0 Å². The Balaban J connectivity index is 1.43. The molecule has 0 spiro atoms. The molecule has 1 N–H and O–H groups in total. The molecule has 0 unspecified atom stereocenters. The fourth-order valence-corrected chi connectivity index (χ4v) is 2.81. The molecule has 1 saturated heterocycles. The molecule has 1 aliphatic rings. The van der Waals surface area contributed by atoms with Crippen molar-refractivity contribution in [3.05, 3.63) is 36.4 Å². The minimum absolute atomic E-state index is 0.00210. The highest BCUT2D eigenvalue weighted by Gasteiger charge is 2.22. The average Bonchev–Trinajstić information content (AvgIpc) is 2.90. The predicted octanol–water partition coefficient (Wildman–Crippen LogP) is 1.61. The number of nitrogens with one attached hydrogen (secondary N) is 1. The van der Waals surface area contributed by atoms with Gasteiger partial charge in [0.15, 0.2) is 0 Å². The maximum atomic E-state index is 12.2. The van der Waals surface area contributed by atoms with Crippen LogP contribution in [-0.4, -0.2) is 51.3 Å². The lowest BCUT2D eigenvalue weighted by atomic mass is 10.1. The summed E-state index contributed by atoms with van der Waals surface area (Å²) in [6, 6.07) is 3.79. The second kappa shape index (κ2) is 7.44. The van der Waals surface area contributed by atoms with Gasteiger partial charge in [-0.3, -0.25) is 19.4 Å². The number of anilines is 1. The van der Waals surface area contributed by atoms with Gasteiger partial charge in [0.2, 0.25) is 5.91 Å². The number of aryl methyl sites for hydroxylation is 1. The van der Waals surface area contributed by atoms with E-state index in [-0.39, 0.29) is 12.0 Å². The molecule has 7 heteroatoms. The van der Waals surface area contributed by atoms with E-state index in [0.717, 1.165) is 43.1 Å². The van der Waals surface area contributed by atoms with E-state index in [4.69, 9.17) is 4.74 Å². The van der Waals surface area contributed by atoms with Crippen molar-refractivity contribution in [2.75, 3.05) is 25.0 Å². The molecule has 0 saturated carbocycles. The first-order valence-electron chi connectivity index (χ1n) is 8.19. The Morgan fingerprint density at radius 2 is 2.17 bits per heavy atom. The SMILES string of the molecule is Cc1c(NC(=O)CN2CCC(Oc3cccnc3)CC2)cnn1C. The topological polar surface area (TPSA) is 72.3 Å². The molecular weight excluding hydrogens is 306 g/mol. The van der Waals surface area contributed by atoms with E-state index in [9.17, 15) is 4.79 Å². The number of piperidine rings is 1. The zero-order valence-electron chi connectivity index (χ0n) is 14.1. The number of hydrogen-bond acceptors (Lipinski definition) is 5. The number of amides is 1. The third-order valence-electron chi connectivity index (χ3n) is 4.35. The summed E-state index contributed by atoms with van der Waals surface area (Å²) in [7, 11) is 1.86. The van der Waals surface area contributed by atoms with Crippen LogP contribution in [0.4, 0.5) is 5.69 Å². The molecule has 1 aliphatic heterocycles. The number of likely N-dealkylation sites (tertiary alicyclic amines) is 1. The molecule has 128 valence electrons. The van der Waals surface area contributed by atoms with E-state index in [0.29, 0.717) is 6.54 Å². The van der Waals surface area contributed by atoms with Gasteiger partial charge in [0, 0.05) is 26.3 Å². The summed E-state index contributed by atoms with van der Waals surface area (Å²) in [4.78, 5) is 18.4. The van der Waals surface area contributed by atoms with E-state index in [2.05, 4.69) is 20.3 Å². The highest BCUT2D eigenvalue weighted by molar-refractivity contribution is 5.92. The second-order valence-corrected chi connectivity index (χ2v) is 6.10. The van der Waals surface area contributed by atoms with Gasteiger partial charge in [-0.15, -0.1) is 0 Å². The number of aromatic nitrogens is 3. The van der Waals surface area contributed by atoms with Crippen LogP contribution in [0.3, 0.4) is 0 Å². The highest BCUT2D eigenvalue weighted by atomic mass is 16.5. The van der Waals surface area contributed by atoms with Crippen molar-refractivity contribution in [2.45, 2.75) is 25.9 Å². The Morgan fingerprint density at radius 3 is 2.79 bits per heavy atom. The number of ether oxygens (including phenoxy) is 1. The molecule has 24 heavy (non-hydrogen) atoms. The van der Waals surface area contributed by atoms with E-state index >= 15 is 0 Å². The summed E-state index contributed by atoms with van der Waals surface area (Å²) in [6.45, 7) is 4.03. The maximum absolute atomic E-state index is 12.2. The predicted molar refractivity (Wildman–Crippen MR) is 90.9 cm³/mol. The minimum Gasteiger partial charge on any atom is -0.489 e. The van der Waals surface area contributed by atoms with Crippen LogP contribution in [0.25, 0.3) is 0 Å². The Hall–Kier alpha value is -2.41. The first-order chi connectivity index (χ1) is 11.6. The Morgan fingerprint density at radius 1 is 1.38 bits per heavy atom. The van der Waals surface area contributed by atoms with Crippen molar-refractivity contribution in [2.24, 2.45) is 7.05 Å². The number of pyridine rings is 1. The minimum atomic E-state index is -0.00210. The normalized spacial score (nSPS) is 16.1. The summed E-state index contributed by atoms with van der Waals surface area (Å²) in [5, 5.41) is 7.06. The Kier molecular flexibility index (Phi) is 5.10. The lowest BCUT2D eigenvalue weighted by Gasteiger charge is -2.31. The van der Waals surface area contributed by atoms with Gasteiger partial charge < -0.3 is 10.1 Å². The lowest BCUT2D eigenvalue weighted by Crippen LogP contribution is -2.42. The number of rotatable bonds is 5. The third-order valence-corrected chi connectivity index (χ3v) is 4.35. The third kappa shape index (κ3) is 4.11. The van der Waals surface area contributed by atoms with Crippen molar-refractivity contribution in [1.82, 2.24) is 19.7 Å². The van der Waals surface area contributed by atoms with E-state index in [1.807, 2.05) is 26.1 Å². The summed E-state index contributed by atoms with van der Waals surface area (Å²) < 4.78 is 7.67. The van der Waals surface area contributed by atoms with Crippen LogP contribution < -0.4 is 10.1 Å². The number of carbonyl (C=O) groups excluding carboxylic acids is 1. The van der Waals surface area contributed by atoms with E-state index < -0.39 is 0 Å². The van der Waals surface area contributed by atoms with Crippen LogP contribution in [0.1, 0.15) is 18.5 Å². The van der Waals surface area contributed by atoms with Crippen molar-refractivity contribution >= 4 is 11.6 Å². The first kappa shape index (κ1) is 16.4. The molecule has 0 aliphatic carbocycles. The zero-order valence-corrected chi connectivity index (χ0v) is 14.1. The van der Waals surface area contributed by atoms with Gasteiger partial charge in [-0.25, -0.2) is 0 Å².